The zero-order valence-corrected chi connectivity index (χ0v) is 34.5. The standard InChI is InChI=1S/C44H42O12S3/c1-3-5-43(53-33-11-23-39(24-12-33)57(47,48)37-19-7-31(45)8-20-37)55-35-15-27-41(28-16-35)59(51,52)42-29-17-36(18-30-42)56-44(6-4-2)54-34-13-25-40(26-14-34)58(49,50)38-21-9-32(46)10-22-38/h7-30,43-46H,3-6H2,1-2H3. The van der Waals surface area contributed by atoms with Crippen LogP contribution in [-0.4, -0.2) is 48.0 Å². The summed E-state index contributed by atoms with van der Waals surface area (Å²) in [6.07, 6.45) is 0.899. The van der Waals surface area contributed by atoms with Crippen molar-refractivity contribution in [3.05, 3.63) is 146 Å². The van der Waals surface area contributed by atoms with Crippen LogP contribution in [0.2, 0.25) is 0 Å². The number of phenolic OH excluding ortho intramolecular Hbond substituents is 2. The van der Waals surface area contributed by atoms with Gasteiger partial charge in [-0.05, 0) is 158 Å². The molecule has 0 spiro atoms. The van der Waals surface area contributed by atoms with Crippen molar-refractivity contribution in [1.29, 1.82) is 0 Å². The topological polar surface area (TPSA) is 180 Å². The molecule has 6 aromatic rings. The predicted octanol–water partition coefficient (Wildman–Crippen LogP) is 8.76. The minimum absolute atomic E-state index is 0.0400. The first-order chi connectivity index (χ1) is 28.2. The molecule has 6 rings (SSSR count). The highest BCUT2D eigenvalue weighted by Crippen LogP contribution is 2.30. The zero-order chi connectivity index (χ0) is 42.2. The van der Waals surface area contributed by atoms with E-state index in [-0.39, 0.29) is 40.9 Å². The van der Waals surface area contributed by atoms with Gasteiger partial charge >= 0.3 is 0 Å². The molecule has 0 aliphatic heterocycles. The summed E-state index contributed by atoms with van der Waals surface area (Å²) in [5.41, 5.74) is 0. The van der Waals surface area contributed by atoms with Gasteiger partial charge in [0.15, 0.2) is 0 Å². The molecule has 0 amide bonds. The summed E-state index contributed by atoms with van der Waals surface area (Å²) in [7, 11) is -11.5. The lowest BCUT2D eigenvalue weighted by Gasteiger charge is -2.21. The fraction of sp³-hybridized carbons (Fsp3) is 0.182. The van der Waals surface area contributed by atoms with E-state index < -0.39 is 42.1 Å². The van der Waals surface area contributed by atoms with E-state index in [0.29, 0.717) is 48.7 Å². The lowest BCUT2D eigenvalue weighted by atomic mass is 10.3. The summed E-state index contributed by atoms with van der Waals surface area (Å²) < 4.78 is 103. The van der Waals surface area contributed by atoms with Gasteiger partial charge in [0.25, 0.3) is 0 Å². The Morgan fingerprint density at radius 3 is 0.729 bits per heavy atom. The van der Waals surface area contributed by atoms with E-state index in [1.165, 1.54) is 146 Å². The summed E-state index contributed by atoms with van der Waals surface area (Å²) in [6, 6.07) is 34.2. The second-order valence-corrected chi connectivity index (χ2v) is 19.1. The first kappa shape index (κ1) is 42.6. The van der Waals surface area contributed by atoms with Crippen molar-refractivity contribution in [3.8, 4) is 34.5 Å². The number of sulfone groups is 3. The second-order valence-electron chi connectivity index (χ2n) is 13.3. The lowest BCUT2D eigenvalue weighted by Crippen LogP contribution is -2.23. The third-order valence-electron chi connectivity index (χ3n) is 8.95. The summed E-state index contributed by atoms with van der Waals surface area (Å²) in [5, 5.41) is 19.0. The number of phenols is 2. The maximum Gasteiger partial charge on any atom is 0.241 e. The normalized spacial score (nSPS) is 12.9. The van der Waals surface area contributed by atoms with E-state index in [9.17, 15) is 35.5 Å². The van der Waals surface area contributed by atoms with E-state index >= 15 is 0 Å². The Bertz CT molecular complexity index is 2470. The van der Waals surface area contributed by atoms with Gasteiger partial charge in [0, 0.05) is 12.8 Å². The van der Waals surface area contributed by atoms with Crippen LogP contribution < -0.4 is 18.9 Å². The molecule has 308 valence electrons. The minimum Gasteiger partial charge on any atom is -0.508 e. The van der Waals surface area contributed by atoms with E-state index in [1.807, 2.05) is 13.8 Å². The van der Waals surface area contributed by atoms with Crippen molar-refractivity contribution in [1.82, 2.24) is 0 Å². The molecule has 0 aliphatic rings. The summed E-state index contributed by atoms with van der Waals surface area (Å²) in [5.74, 6) is 1.41. The Balaban J connectivity index is 1.06. The molecule has 15 heteroatoms. The second kappa shape index (κ2) is 18.3. The Morgan fingerprint density at radius 2 is 0.542 bits per heavy atom. The molecular formula is C44H42O12S3. The molecule has 0 heterocycles. The van der Waals surface area contributed by atoms with E-state index in [1.54, 1.807) is 0 Å². The maximum atomic E-state index is 13.6. The van der Waals surface area contributed by atoms with Crippen LogP contribution in [0.3, 0.4) is 0 Å². The first-order valence-corrected chi connectivity index (χ1v) is 23.0. The van der Waals surface area contributed by atoms with Gasteiger partial charge in [0.05, 0.1) is 29.4 Å². The average molecular weight is 859 g/mol. The van der Waals surface area contributed by atoms with E-state index in [0.717, 1.165) is 0 Å². The summed E-state index contributed by atoms with van der Waals surface area (Å²) in [6.45, 7) is 3.90. The van der Waals surface area contributed by atoms with Gasteiger partial charge in [-0.15, -0.1) is 0 Å². The quantitative estimate of drug-likeness (QED) is 0.0786. The predicted molar refractivity (Wildman–Crippen MR) is 218 cm³/mol. The van der Waals surface area contributed by atoms with Crippen LogP contribution in [-0.2, 0) is 29.5 Å². The number of ether oxygens (including phenoxy) is 4. The minimum atomic E-state index is -3.92. The van der Waals surface area contributed by atoms with Crippen LogP contribution in [0.25, 0.3) is 0 Å². The Morgan fingerprint density at radius 1 is 0.356 bits per heavy atom. The molecule has 0 fully saturated rings. The molecule has 0 saturated heterocycles. The fourth-order valence-electron chi connectivity index (χ4n) is 5.81. The van der Waals surface area contributed by atoms with Gasteiger partial charge in [-0.1, -0.05) is 13.8 Å². The van der Waals surface area contributed by atoms with Gasteiger partial charge in [0.2, 0.25) is 42.1 Å². The van der Waals surface area contributed by atoms with Gasteiger partial charge in [-0.3, -0.25) is 0 Å². The maximum absolute atomic E-state index is 13.6. The van der Waals surface area contributed by atoms with Crippen LogP contribution in [0.4, 0.5) is 0 Å². The molecule has 59 heavy (non-hydrogen) atoms. The fourth-order valence-corrected chi connectivity index (χ4v) is 9.59. The lowest BCUT2D eigenvalue weighted by molar-refractivity contribution is -0.00146. The van der Waals surface area contributed by atoms with Crippen LogP contribution in [0, 0.1) is 0 Å². The monoisotopic (exact) mass is 858 g/mol. The molecule has 0 aliphatic carbocycles. The van der Waals surface area contributed by atoms with Gasteiger partial charge < -0.3 is 29.2 Å². The third-order valence-corrected chi connectivity index (χ3v) is 14.3. The van der Waals surface area contributed by atoms with E-state index in [2.05, 4.69) is 0 Å². The molecule has 2 atom stereocenters. The van der Waals surface area contributed by atoms with Gasteiger partial charge in [-0.2, -0.15) is 0 Å². The van der Waals surface area contributed by atoms with Crippen molar-refractivity contribution < 1.29 is 54.4 Å². The number of hydrogen-bond acceptors (Lipinski definition) is 12. The molecule has 2 N–H and O–H groups in total. The summed E-state index contributed by atoms with van der Waals surface area (Å²) >= 11 is 0. The van der Waals surface area contributed by atoms with Crippen LogP contribution in [0.5, 0.6) is 34.5 Å². The smallest absolute Gasteiger partial charge is 0.241 e. The molecule has 12 nitrogen and oxygen atoms in total. The Hall–Kier alpha value is -6.03. The van der Waals surface area contributed by atoms with Crippen LogP contribution in [0.15, 0.2) is 175 Å². The van der Waals surface area contributed by atoms with Gasteiger partial charge in [0.1, 0.15) is 34.5 Å². The SMILES string of the molecule is CCCC(Oc1ccc(S(=O)(=O)c2ccc(O)cc2)cc1)Oc1ccc(S(=O)(=O)c2ccc(OC(CCC)Oc3ccc(S(=O)(=O)c4ccc(O)cc4)cc3)cc2)cc1. The molecule has 0 aromatic heterocycles. The number of rotatable bonds is 18. The Kier molecular flexibility index (Phi) is 13.2. The zero-order valence-electron chi connectivity index (χ0n) is 32.0. The van der Waals surface area contributed by atoms with Crippen LogP contribution in [0.1, 0.15) is 39.5 Å². The van der Waals surface area contributed by atoms with Crippen LogP contribution >= 0.6 is 0 Å². The number of benzene rings is 6. The molecule has 2 unspecified atom stereocenters. The first-order valence-electron chi connectivity index (χ1n) is 18.6. The number of hydrogen-bond donors (Lipinski definition) is 2. The van der Waals surface area contributed by atoms with Crippen molar-refractivity contribution >= 4 is 29.5 Å². The highest BCUT2D eigenvalue weighted by Gasteiger charge is 2.22. The summed E-state index contributed by atoms with van der Waals surface area (Å²) in [4.78, 5) is 0.284. The van der Waals surface area contributed by atoms with Crippen molar-refractivity contribution in [2.24, 2.45) is 0 Å². The van der Waals surface area contributed by atoms with Crippen molar-refractivity contribution in [2.75, 3.05) is 0 Å². The molecule has 0 radical (unpaired) electrons. The molecule has 6 aromatic carbocycles. The van der Waals surface area contributed by atoms with E-state index in [4.69, 9.17) is 18.9 Å². The highest BCUT2D eigenvalue weighted by atomic mass is 32.2. The third kappa shape index (κ3) is 10.4. The highest BCUT2D eigenvalue weighted by molar-refractivity contribution is 7.92. The van der Waals surface area contributed by atoms with Crippen molar-refractivity contribution in [2.45, 2.75) is 81.5 Å². The van der Waals surface area contributed by atoms with Crippen molar-refractivity contribution in [3.63, 3.8) is 0 Å². The molecule has 0 bridgehead atoms. The molecule has 0 saturated carbocycles. The number of aromatic hydroxyl groups is 2. The largest absolute Gasteiger partial charge is 0.508 e. The Labute approximate surface area is 344 Å². The average Bonchev–Trinajstić information content (AvgIpc) is 3.22. The molecular weight excluding hydrogens is 817 g/mol. The van der Waals surface area contributed by atoms with Gasteiger partial charge in [-0.25, -0.2) is 25.3 Å².